The molecule has 1 heterocycles. The number of rotatable bonds is 6. The molecule has 3 aromatic carbocycles. The molecule has 34 heavy (non-hydrogen) atoms. The molecule has 0 aliphatic carbocycles. The van der Waals surface area contributed by atoms with Crippen LogP contribution in [0.3, 0.4) is 0 Å². The van der Waals surface area contributed by atoms with Gasteiger partial charge in [0.1, 0.15) is 5.75 Å². The summed E-state index contributed by atoms with van der Waals surface area (Å²) in [5.74, 6) is -0.896. The first-order chi connectivity index (χ1) is 16.3. The molecule has 0 saturated carbocycles. The number of thioether (sulfide) groups is 1. The Morgan fingerprint density at radius 3 is 2.50 bits per heavy atom. The Morgan fingerprint density at radius 2 is 1.79 bits per heavy atom. The van der Waals surface area contributed by atoms with Gasteiger partial charge in [-0.1, -0.05) is 35.9 Å². The average Bonchev–Trinajstić information content (AvgIpc) is 3.06. The molecule has 0 radical (unpaired) electrons. The Kier molecular flexibility index (Phi) is 6.76. The van der Waals surface area contributed by atoms with Gasteiger partial charge < -0.3 is 4.74 Å². The number of hydrogen-bond donors (Lipinski definition) is 0. The lowest BCUT2D eigenvalue weighted by Gasteiger charge is -2.12. The van der Waals surface area contributed by atoms with Gasteiger partial charge in [0.05, 0.1) is 21.9 Å². The molecule has 0 N–H and O–H groups in total. The zero-order chi connectivity index (χ0) is 24.2. The second-order valence-electron chi connectivity index (χ2n) is 7.16. The third-order valence-electron chi connectivity index (χ3n) is 4.78. The minimum atomic E-state index is -0.686. The summed E-state index contributed by atoms with van der Waals surface area (Å²) in [5, 5.41) is 10.9. The topological polar surface area (TPSA) is 107 Å². The lowest BCUT2D eigenvalue weighted by atomic mass is 10.2. The number of imide groups is 1. The molecule has 1 aliphatic heterocycles. The van der Waals surface area contributed by atoms with Gasteiger partial charge in [0, 0.05) is 17.2 Å². The molecule has 3 aromatic rings. The van der Waals surface area contributed by atoms with E-state index in [2.05, 4.69) is 0 Å². The third-order valence-corrected chi connectivity index (χ3v) is 5.93. The van der Waals surface area contributed by atoms with E-state index in [1.54, 1.807) is 54.6 Å². The van der Waals surface area contributed by atoms with Crippen molar-refractivity contribution in [3.8, 4) is 5.75 Å². The molecule has 0 atom stereocenters. The van der Waals surface area contributed by atoms with Gasteiger partial charge in [0.15, 0.2) is 0 Å². The SMILES string of the molecule is O=C(Oc1cccc(/C=C2\SC(=O)N(Cc3cccc(Cl)c3)C2=O)c1)c1ccc([N+](=O)[O-])cc1. The van der Waals surface area contributed by atoms with E-state index in [0.717, 1.165) is 22.2 Å². The number of carbonyl (C=O) groups excluding carboxylic acids is 3. The number of non-ortho nitro benzene ring substituents is 1. The summed E-state index contributed by atoms with van der Waals surface area (Å²) < 4.78 is 5.35. The zero-order valence-corrected chi connectivity index (χ0v) is 18.9. The highest BCUT2D eigenvalue weighted by molar-refractivity contribution is 8.18. The van der Waals surface area contributed by atoms with E-state index in [9.17, 15) is 24.5 Å². The first-order valence-corrected chi connectivity index (χ1v) is 11.1. The molecule has 0 spiro atoms. The standard InChI is InChI=1S/C24H15ClN2O6S/c25-18-5-1-4-16(11-18)14-26-22(28)21(34-24(26)30)13-15-3-2-6-20(12-15)33-23(29)17-7-9-19(10-8-17)27(31)32/h1-13H,14H2/b21-13-. The van der Waals surface area contributed by atoms with Crippen molar-refractivity contribution in [3.63, 3.8) is 0 Å². The van der Waals surface area contributed by atoms with Crippen molar-refractivity contribution in [3.05, 3.63) is 110 Å². The van der Waals surface area contributed by atoms with Crippen molar-refractivity contribution < 1.29 is 24.0 Å². The molecular weight excluding hydrogens is 480 g/mol. The van der Waals surface area contributed by atoms with Crippen LogP contribution < -0.4 is 4.74 Å². The number of carbonyl (C=O) groups is 3. The number of halogens is 1. The van der Waals surface area contributed by atoms with Gasteiger partial charge in [0.2, 0.25) is 0 Å². The minimum absolute atomic E-state index is 0.107. The number of ether oxygens (including phenoxy) is 1. The summed E-state index contributed by atoms with van der Waals surface area (Å²) in [5.41, 5.74) is 1.31. The van der Waals surface area contributed by atoms with E-state index < -0.39 is 22.0 Å². The number of hydrogen-bond acceptors (Lipinski definition) is 7. The van der Waals surface area contributed by atoms with Crippen LogP contribution in [0, 0.1) is 10.1 Å². The highest BCUT2D eigenvalue weighted by Gasteiger charge is 2.35. The van der Waals surface area contributed by atoms with Crippen LogP contribution in [0.5, 0.6) is 5.75 Å². The largest absolute Gasteiger partial charge is 0.423 e. The average molecular weight is 495 g/mol. The van der Waals surface area contributed by atoms with Crippen molar-refractivity contribution in [2.75, 3.05) is 0 Å². The fourth-order valence-electron chi connectivity index (χ4n) is 3.16. The van der Waals surface area contributed by atoms with Crippen LogP contribution >= 0.6 is 23.4 Å². The Labute approximate surface area is 202 Å². The first kappa shape index (κ1) is 23.2. The van der Waals surface area contributed by atoms with Crippen molar-refractivity contribution in [1.29, 1.82) is 0 Å². The van der Waals surface area contributed by atoms with Gasteiger partial charge >= 0.3 is 5.97 Å². The molecule has 170 valence electrons. The zero-order valence-electron chi connectivity index (χ0n) is 17.3. The molecule has 8 nitrogen and oxygen atoms in total. The van der Waals surface area contributed by atoms with E-state index in [-0.39, 0.29) is 28.5 Å². The summed E-state index contributed by atoms with van der Waals surface area (Å²) >= 11 is 6.80. The van der Waals surface area contributed by atoms with Crippen molar-refractivity contribution in [2.24, 2.45) is 0 Å². The maximum Gasteiger partial charge on any atom is 0.343 e. The number of nitro benzene ring substituents is 1. The molecule has 0 bridgehead atoms. The fraction of sp³-hybridized carbons (Fsp3) is 0.0417. The normalized spacial score (nSPS) is 14.5. The summed E-state index contributed by atoms with van der Waals surface area (Å²) in [6.07, 6.45) is 1.55. The van der Waals surface area contributed by atoms with Crippen LogP contribution in [0.25, 0.3) is 6.08 Å². The van der Waals surface area contributed by atoms with Crippen LogP contribution in [-0.2, 0) is 11.3 Å². The molecule has 1 fully saturated rings. The lowest BCUT2D eigenvalue weighted by molar-refractivity contribution is -0.384. The minimum Gasteiger partial charge on any atom is -0.423 e. The molecule has 1 aliphatic rings. The molecule has 0 aromatic heterocycles. The summed E-state index contributed by atoms with van der Waals surface area (Å²) in [7, 11) is 0. The van der Waals surface area contributed by atoms with Crippen molar-refractivity contribution in [2.45, 2.75) is 6.54 Å². The van der Waals surface area contributed by atoms with E-state index in [4.69, 9.17) is 16.3 Å². The monoisotopic (exact) mass is 494 g/mol. The van der Waals surface area contributed by atoms with Crippen molar-refractivity contribution in [1.82, 2.24) is 4.90 Å². The summed E-state index contributed by atoms with van der Waals surface area (Å²) in [6, 6.07) is 18.4. The van der Waals surface area contributed by atoms with E-state index >= 15 is 0 Å². The summed E-state index contributed by atoms with van der Waals surface area (Å²) in [4.78, 5) is 49.1. The van der Waals surface area contributed by atoms with Gasteiger partial charge in [-0.15, -0.1) is 0 Å². The third kappa shape index (κ3) is 5.33. The maximum atomic E-state index is 12.8. The lowest BCUT2D eigenvalue weighted by Crippen LogP contribution is -2.27. The Hall–Kier alpha value is -3.95. The Bertz CT molecular complexity index is 1340. The fourth-order valence-corrected chi connectivity index (χ4v) is 4.21. The Balaban J connectivity index is 1.47. The molecule has 4 rings (SSSR count). The van der Waals surface area contributed by atoms with Gasteiger partial charge in [0.25, 0.3) is 16.8 Å². The molecule has 0 unspecified atom stereocenters. The van der Waals surface area contributed by atoms with Gasteiger partial charge in [-0.25, -0.2) is 4.79 Å². The van der Waals surface area contributed by atoms with Crippen molar-refractivity contribution >= 4 is 52.2 Å². The van der Waals surface area contributed by atoms with Crippen LogP contribution in [0.2, 0.25) is 5.02 Å². The number of nitrogens with zero attached hydrogens (tertiary/aromatic N) is 2. The number of esters is 1. The predicted molar refractivity (Wildman–Crippen MR) is 127 cm³/mol. The van der Waals surface area contributed by atoms with Crippen LogP contribution in [-0.4, -0.2) is 26.9 Å². The second kappa shape index (κ2) is 9.90. The van der Waals surface area contributed by atoms with Gasteiger partial charge in [-0.3, -0.25) is 24.6 Å². The molecular formula is C24H15ClN2O6S. The molecule has 2 amide bonds. The van der Waals surface area contributed by atoms with Gasteiger partial charge in [-0.2, -0.15) is 0 Å². The molecule has 1 saturated heterocycles. The number of nitro groups is 1. The molecule has 10 heteroatoms. The van der Waals surface area contributed by atoms with Gasteiger partial charge in [-0.05, 0) is 65.4 Å². The number of benzene rings is 3. The van der Waals surface area contributed by atoms with Crippen LogP contribution in [0.15, 0.2) is 77.7 Å². The van der Waals surface area contributed by atoms with E-state index in [1.807, 2.05) is 0 Å². The number of amides is 2. The first-order valence-electron chi connectivity index (χ1n) is 9.87. The highest BCUT2D eigenvalue weighted by Crippen LogP contribution is 2.34. The summed E-state index contributed by atoms with van der Waals surface area (Å²) in [6.45, 7) is 0.107. The van der Waals surface area contributed by atoms with E-state index in [0.29, 0.717) is 10.6 Å². The highest BCUT2D eigenvalue weighted by atomic mass is 35.5. The predicted octanol–water partition coefficient (Wildman–Crippen LogP) is 5.70. The smallest absolute Gasteiger partial charge is 0.343 e. The van der Waals surface area contributed by atoms with Crippen LogP contribution in [0.4, 0.5) is 10.5 Å². The maximum absolute atomic E-state index is 12.8. The second-order valence-corrected chi connectivity index (χ2v) is 8.59. The van der Waals surface area contributed by atoms with E-state index in [1.165, 1.54) is 24.3 Å². The van der Waals surface area contributed by atoms with Crippen LogP contribution in [0.1, 0.15) is 21.5 Å². The Morgan fingerprint density at radius 1 is 1.06 bits per heavy atom. The quantitative estimate of drug-likeness (QED) is 0.142.